The predicted molar refractivity (Wildman–Crippen MR) is 137 cm³/mol. The predicted octanol–water partition coefficient (Wildman–Crippen LogP) is 4.31. The fraction of sp³-hybridized carbons (Fsp3) is 0.185. The maximum absolute atomic E-state index is 13.6. The number of aromatic nitrogens is 2. The number of sulfonamides is 1. The molecule has 0 bridgehead atoms. The Hall–Kier alpha value is -3.91. The zero-order chi connectivity index (χ0) is 25.0. The van der Waals surface area contributed by atoms with Crippen LogP contribution in [-0.4, -0.2) is 30.4 Å². The van der Waals surface area contributed by atoms with E-state index in [0.717, 1.165) is 28.2 Å². The number of nitrogens with one attached hydrogen (secondary N) is 1. The Labute approximate surface area is 206 Å². The van der Waals surface area contributed by atoms with Crippen LogP contribution in [0.5, 0.6) is 0 Å². The number of amides is 1. The van der Waals surface area contributed by atoms with E-state index in [2.05, 4.69) is 10.3 Å². The van der Waals surface area contributed by atoms with E-state index in [0.29, 0.717) is 5.69 Å². The van der Waals surface area contributed by atoms with Crippen molar-refractivity contribution in [3.8, 4) is 5.69 Å². The summed E-state index contributed by atoms with van der Waals surface area (Å²) in [5, 5.41) is 2.90. The fourth-order valence-corrected chi connectivity index (χ4v) is 5.52. The number of hydrogen-bond acceptors (Lipinski definition) is 4. The maximum atomic E-state index is 13.6. The lowest BCUT2D eigenvalue weighted by Gasteiger charge is -2.26. The Balaban J connectivity index is 1.60. The Kier molecular flexibility index (Phi) is 7.02. The third-order valence-electron chi connectivity index (χ3n) is 5.79. The third-order valence-corrected chi connectivity index (χ3v) is 7.57. The Morgan fingerprint density at radius 3 is 2.37 bits per heavy atom. The molecule has 8 heteroatoms. The minimum Gasteiger partial charge on any atom is -0.350 e. The Morgan fingerprint density at radius 2 is 1.69 bits per heavy atom. The quantitative estimate of drug-likeness (QED) is 0.401. The van der Waals surface area contributed by atoms with Gasteiger partial charge in [0, 0.05) is 18.9 Å². The van der Waals surface area contributed by atoms with Gasteiger partial charge in [0.2, 0.25) is 5.91 Å². The first kappa shape index (κ1) is 24.2. The smallest absolute Gasteiger partial charge is 0.264 e. The van der Waals surface area contributed by atoms with Gasteiger partial charge in [-0.15, -0.1) is 0 Å². The van der Waals surface area contributed by atoms with E-state index in [1.165, 1.54) is 16.4 Å². The summed E-state index contributed by atoms with van der Waals surface area (Å²) in [6.07, 6.45) is 3.59. The van der Waals surface area contributed by atoms with E-state index in [-0.39, 0.29) is 18.0 Å². The minimum absolute atomic E-state index is 0.133. The van der Waals surface area contributed by atoms with Gasteiger partial charge in [-0.05, 0) is 56.2 Å². The van der Waals surface area contributed by atoms with Gasteiger partial charge in [-0.2, -0.15) is 0 Å². The number of benzene rings is 3. The van der Waals surface area contributed by atoms with Crippen molar-refractivity contribution in [3.63, 3.8) is 0 Å². The molecule has 0 spiro atoms. The molecule has 1 aromatic heterocycles. The van der Waals surface area contributed by atoms with Crippen molar-refractivity contribution < 1.29 is 13.2 Å². The monoisotopic (exact) mass is 488 g/mol. The van der Waals surface area contributed by atoms with Crippen LogP contribution in [0.15, 0.2) is 90.1 Å². The molecule has 0 aliphatic heterocycles. The average molecular weight is 489 g/mol. The van der Waals surface area contributed by atoms with Gasteiger partial charge in [0.1, 0.15) is 12.4 Å². The summed E-state index contributed by atoms with van der Waals surface area (Å²) < 4.78 is 30.3. The molecule has 0 atom stereocenters. The summed E-state index contributed by atoms with van der Waals surface area (Å²) in [5.74, 6) is 0.431. The number of imidazole rings is 1. The van der Waals surface area contributed by atoms with Gasteiger partial charge in [0.15, 0.2) is 0 Å². The van der Waals surface area contributed by atoms with Crippen molar-refractivity contribution in [3.05, 3.63) is 108 Å². The highest BCUT2D eigenvalue weighted by Crippen LogP contribution is 2.27. The van der Waals surface area contributed by atoms with Gasteiger partial charge >= 0.3 is 0 Å². The average Bonchev–Trinajstić information content (AvgIpc) is 3.28. The first-order valence-corrected chi connectivity index (χ1v) is 12.7. The lowest BCUT2D eigenvalue weighted by molar-refractivity contribution is -0.119. The molecule has 3 aromatic carbocycles. The fourth-order valence-electron chi connectivity index (χ4n) is 4.01. The number of anilines is 1. The van der Waals surface area contributed by atoms with Crippen molar-refractivity contribution in [1.29, 1.82) is 0 Å². The molecule has 1 N–H and O–H groups in total. The topological polar surface area (TPSA) is 84.3 Å². The molecule has 0 radical (unpaired) electrons. The number of aryl methyl sites for hydroxylation is 3. The third kappa shape index (κ3) is 5.27. The van der Waals surface area contributed by atoms with Crippen LogP contribution in [0.2, 0.25) is 0 Å². The summed E-state index contributed by atoms with van der Waals surface area (Å²) in [4.78, 5) is 17.5. The van der Waals surface area contributed by atoms with Gasteiger partial charge in [-0.25, -0.2) is 13.4 Å². The van der Waals surface area contributed by atoms with Crippen LogP contribution in [0.1, 0.15) is 22.5 Å². The van der Waals surface area contributed by atoms with Crippen LogP contribution in [0.25, 0.3) is 5.69 Å². The van der Waals surface area contributed by atoms with Gasteiger partial charge in [-0.1, -0.05) is 54.1 Å². The molecule has 0 unspecified atom stereocenters. The van der Waals surface area contributed by atoms with Crippen LogP contribution in [0.3, 0.4) is 0 Å². The Bertz CT molecular complexity index is 1450. The molecule has 180 valence electrons. The highest BCUT2D eigenvalue weighted by atomic mass is 32.2. The number of hydrogen-bond donors (Lipinski definition) is 1. The zero-order valence-electron chi connectivity index (χ0n) is 20.0. The van der Waals surface area contributed by atoms with Gasteiger partial charge in [0.05, 0.1) is 16.3 Å². The lowest BCUT2D eigenvalue weighted by Crippen LogP contribution is -2.41. The largest absolute Gasteiger partial charge is 0.350 e. The number of rotatable bonds is 8. The molecule has 35 heavy (non-hydrogen) atoms. The molecule has 4 aromatic rings. The maximum Gasteiger partial charge on any atom is 0.264 e. The molecule has 4 rings (SSSR count). The first-order valence-electron chi connectivity index (χ1n) is 11.3. The number of para-hydroxylation sites is 1. The van der Waals surface area contributed by atoms with E-state index >= 15 is 0 Å². The van der Waals surface area contributed by atoms with Crippen molar-refractivity contribution in [1.82, 2.24) is 14.9 Å². The van der Waals surface area contributed by atoms with Crippen LogP contribution in [0.4, 0.5) is 5.69 Å². The summed E-state index contributed by atoms with van der Waals surface area (Å²) in [5.41, 5.74) is 4.07. The van der Waals surface area contributed by atoms with Gasteiger partial charge in [-0.3, -0.25) is 9.10 Å². The first-order chi connectivity index (χ1) is 16.8. The summed E-state index contributed by atoms with van der Waals surface area (Å²) >= 11 is 0. The van der Waals surface area contributed by atoms with E-state index in [1.54, 1.807) is 30.5 Å². The molecular formula is C27H28N4O3S. The van der Waals surface area contributed by atoms with Crippen LogP contribution < -0.4 is 9.62 Å². The zero-order valence-corrected chi connectivity index (χ0v) is 20.8. The second-order valence-electron chi connectivity index (χ2n) is 8.36. The number of carbonyl (C=O) groups excluding carboxylic acids is 1. The van der Waals surface area contributed by atoms with E-state index in [9.17, 15) is 13.2 Å². The van der Waals surface area contributed by atoms with Crippen LogP contribution >= 0.6 is 0 Å². The standard InChI is InChI=1S/C27H28N4O3S/c1-20-13-14-25(21(2)17-20)31(35(33,34)24-10-5-4-6-11-24)19-27(32)29-18-23-9-7-8-12-26(23)30-16-15-28-22(30)3/h4-17H,18-19H2,1-3H3,(H,29,32). The highest BCUT2D eigenvalue weighted by Gasteiger charge is 2.28. The van der Waals surface area contributed by atoms with E-state index < -0.39 is 15.9 Å². The van der Waals surface area contributed by atoms with Gasteiger partial charge in [0.25, 0.3) is 10.0 Å². The molecule has 0 saturated heterocycles. The Morgan fingerprint density at radius 1 is 0.971 bits per heavy atom. The van der Waals surface area contributed by atoms with Crippen LogP contribution in [-0.2, 0) is 21.4 Å². The van der Waals surface area contributed by atoms with E-state index in [1.807, 2.05) is 67.9 Å². The molecule has 1 heterocycles. The molecule has 7 nitrogen and oxygen atoms in total. The molecule has 0 aliphatic rings. The second-order valence-corrected chi connectivity index (χ2v) is 10.2. The molecular weight excluding hydrogens is 460 g/mol. The van der Waals surface area contributed by atoms with Crippen LogP contribution in [0, 0.1) is 20.8 Å². The van der Waals surface area contributed by atoms with Crippen molar-refractivity contribution in [2.45, 2.75) is 32.2 Å². The summed E-state index contributed by atoms with van der Waals surface area (Å²) in [6.45, 7) is 5.61. The summed E-state index contributed by atoms with van der Waals surface area (Å²) in [7, 11) is -3.96. The van der Waals surface area contributed by atoms with Crippen molar-refractivity contribution in [2.24, 2.45) is 0 Å². The SMILES string of the molecule is Cc1ccc(N(CC(=O)NCc2ccccc2-n2ccnc2C)S(=O)(=O)c2ccccc2)c(C)c1. The molecule has 0 saturated carbocycles. The van der Waals surface area contributed by atoms with Gasteiger partial charge < -0.3 is 9.88 Å². The molecule has 0 aliphatic carbocycles. The van der Waals surface area contributed by atoms with Crippen molar-refractivity contribution >= 4 is 21.6 Å². The summed E-state index contributed by atoms with van der Waals surface area (Å²) in [6, 6.07) is 21.4. The highest BCUT2D eigenvalue weighted by molar-refractivity contribution is 7.92. The normalized spacial score (nSPS) is 11.3. The number of nitrogens with zero attached hydrogens (tertiary/aromatic N) is 3. The van der Waals surface area contributed by atoms with E-state index in [4.69, 9.17) is 0 Å². The molecule has 0 fully saturated rings. The minimum atomic E-state index is -3.96. The second kappa shape index (κ2) is 10.1. The molecule has 1 amide bonds. The van der Waals surface area contributed by atoms with Crippen molar-refractivity contribution in [2.75, 3.05) is 10.8 Å². The number of carbonyl (C=O) groups is 1. The lowest BCUT2D eigenvalue weighted by atomic mass is 10.1.